The lowest BCUT2D eigenvalue weighted by Gasteiger charge is -2.35. The Kier molecular flexibility index (Phi) is 8.62. The number of carbonyl (C=O) groups is 2. The van der Waals surface area contributed by atoms with Gasteiger partial charge in [0, 0.05) is 17.5 Å². The van der Waals surface area contributed by atoms with E-state index < -0.39 is 6.04 Å². The second-order valence-electron chi connectivity index (χ2n) is 12.6. The highest BCUT2D eigenvalue weighted by Gasteiger charge is 2.40. The first-order valence-electron chi connectivity index (χ1n) is 14.9. The third-order valence-electron chi connectivity index (χ3n) is 8.86. The second-order valence-corrected chi connectivity index (χ2v) is 13.5. The number of likely N-dealkylation sites (N-methyl/N-ethyl adjacent to an activating group) is 1. The molecule has 2 aliphatic rings. The van der Waals surface area contributed by atoms with E-state index in [1.807, 2.05) is 11.8 Å². The Morgan fingerprint density at radius 3 is 2.42 bits per heavy atom. The van der Waals surface area contributed by atoms with Gasteiger partial charge >= 0.3 is 0 Å². The fraction of sp³-hybridized carbons (Fsp3) is 0.545. The lowest BCUT2D eigenvalue weighted by Crippen LogP contribution is -2.55. The van der Waals surface area contributed by atoms with Crippen LogP contribution in [0.25, 0.3) is 22.0 Å². The van der Waals surface area contributed by atoms with Crippen LogP contribution in [0.1, 0.15) is 89.3 Å². The summed E-state index contributed by atoms with van der Waals surface area (Å²) in [6, 6.07) is 12.2. The van der Waals surface area contributed by atoms with Crippen molar-refractivity contribution in [2.45, 2.75) is 96.2 Å². The van der Waals surface area contributed by atoms with Crippen molar-refractivity contribution < 1.29 is 9.59 Å². The van der Waals surface area contributed by atoms with Gasteiger partial charge < -0.3 is 15.5 Å². The zero-order chi connectivity index (χ0) is 28.4. The van der Waals surface area contributed by atoms with E-state index in [4.69, 9.17) is 4.98 Å². The molecule has 1 saturated heterocycles. The molecule has 0 radical (unpaired) electrons. The lowest BCUT2D eigenvalue weighted by atomic mass is 9.82. The van der Waals surface area contributed by atoms with Crippen LogP contribution < -0.4 is 10.6 Å². The smallest absolute Gasteiger partial charge is 0.246 e. The molecule has 3 aromatic rings. The minimum atomic E-state index is -0.475. The van der Waals surface area contributed by atoms with Crippen molar-refractivity contribution in [2.75, 3.05) is 13.6 Å². The third kappa shape index (κ3) is 5.82. The molecule has 0 spiro atoms. The summed E-state index contributed by atoms with van der Waals surface area (Å²) in [5, 5.41) is 11.8. The zero-order valence-corrected chi connectivity index (χ0v) is 25.4. The Morgan fingerprint density at radius 1 is 1.00 bits per heavy atom. The first-order chi connectivity index (χ1) is 19.2. The van der Waals surface area contributed by atoms with E-state index >= 15 is 0 Å². The largest absolute Gasteiger partial charge is 0.343 e. The summed E-state index contributed by atoms with van der Waals surface area (Å²) in [4.78, 5) is 34.2. The van der Waals surface area contributed by atoms with Crippen molar-refractivity contribution in [1.29, 1.82) is 0 Å². The van der Waals surface area contributed by atoms with Gasteiger partial charge in [0.2, 0.25) is 11.8 Å². The molecule has 1 aliphatic carbocycles. The van der Waals surface area contributed by atoms with Crippen molar-refractivity contribution in [3.05, 3.63) is 52.3 Å². The first-order valence-corrected chi connectivity index (χ1v) is 15.8. The quantitative estimate of drug-likeness (QED) is 0.342. The predicted molar refractivity (Wildman–Crippen MR) is 164 cm³/mol. The molecule has 1 aromatic heterocycles. The maximum Gasteiger partial charge on any atom is 0.246 e. The van der Waals surface area contributed by atoms with Crippen molar-refractivity contribution in [3.8, 4) is 11.3 Å². The topological polar surface area (TPSA) is 74.3 Å². The highest BCUT2D eigenvalue weighted by Crippen LogP contribution is 2.40. The summed E-state index contributed by atoms with van der Waals surface area (Å²) in [6.07, 6.45) is 7.27. The van der Waals surface area contributed by atoms with Gasteiger partial charge in [-0.05, 0) is 67.3 Å². The SMILES string of the molecule is CN[C@H](C)C(=O)N[C@@H](C(=O)N1CCC[C@H]1c1nc(-c2ccc(C(C)(C)C)c3ccccc23)cs1)C1CCCCC1. The van der Waals surface area contributed by atoms with Crippen LogP contribution in [-0.4, -0.2) is 47.4 Å². The normalized spacial score (nSPS) is 20.0. The molecule has 40 heavy (non-hydrogen) atoms. The molecule has 2 N–H and O–H groups in total. The summed E-state index contributed by atoms with van der Waals surface area (Å²) < 4.78 is 0. The van der Waals surface area contributed by atoms with Gasteiger partial charge in [0.15, 0.2) is 0 Å². The molecule has 0 bridgehead atoms. The van der Waals surface area contributed by atoms with Crippen LogP contribution in [0, 0.1) is 5.92 Å². The van der Waals surface area contributed by atoms with Crippen molar-refractivity contribution in [3.63, 3.8) is 0 Å². The van der Waals surface area contributed by atoms with E-state index in [2.05, 4.69) is 73.2 Å². The van der Waals surface area contributed by atoms with Crippen LogP contribution >= 0.6 is 11.3 Å². The molecular formula is C33H44N4O2S. The van der Waals surface area contributed by atoms with Gasteiger partial charge in [-0.2, -0.15) is 0 Å². The molecule has 2 heterocycles. The number of fused-ring (bicyclic) bond motifs is 1. The van der Waals surface area contributed by atoms with Gasteiger partial charge in [0.1, 0.15) is 11.0 Å². The minimum absolute atomic E-state index is 0.0453. The van der Waals surface area contributed by atoms with Crippen molar-refractivity contribution >= 4 is 33.9 Å². The summed E-state index contributed by atoms with van der Waals surface area (Å²) in [5.74, 6) is 0.141. The molecule has 0 unspecified atom stereocenters. The highest BCUT2D eigenvalue weighted by atomic mass is 32.1. The van der Waals surface area contributed by atoms with Gasteiger partial charge in [-0.15, -0.1) is 11.3 Å². The lowest BCUT2D eigenvalue weighted by molar-refractivity contribution is -0.139. The third-order valence-corrected chi connectivity index (χ3v) is 9.81. The molecule has 2 aromatic carbocycles. The fourth-order valence-corrected chi connectivity index (χ4v) is 7.43. The van der Waals surface area contributed by atoms with E-state index in [1.165, 1.54) is 22.8 Å². The molecule has 7 heteroatoms. The van der Waals surface area contributed by atoms with Gasteiger partial charge in [-0.25, -0.2) is 4.98 Å². The Balaban J connectivity index is 1.43. The number of hydrogen-bond donors (Lipinski definition) is 2. The number of amides is 2. The minimum Gasteiger partial charge on any atom is -0.343 e. The van der Waals surface area contributed by atoms with Crippen LogP contribution in [0.2, 0.25) is 0 Å². The maximum absolute atomic E-state index is 14.1. The van der Waals surface area contributed by atoms with Crippen LogP contribution in [0.3, 0.4) is 0 Å². The van der Waals surface area contributed by atoms with E-state index in [-0.39, 0.29) is 35.2 Å². The molecule has 1 aliphatic heterocycles. The number of aromatic nitrogens is 1. The number of hydrogen-bond acceptors (Lipinski definition) is 5. The van der Waals surface area contributed by atoms with Crippen LogP contribution in [0.5, 0.6) is 0 Å². The number of nitrogens with zero attached hydrogens (tertiary/aromatic N) is 2. The molecule has 5 rings (SSSR count). The average Bonchev–Trinajstić information content (AvgIpc) is 3.64. The highest BCUT2D eigenvalue weighted by molar-refractivity contribution is 7.10. The average molecular weight is 561 g/mol. The standard InChI is InChI=1S/C33H44N4O2S/c1-21(34-5)30(38)36-29(22-12-7-6-8-13-22)32(39)37-19-11-16-28(37)31-35-27(20-40-31)25-17-18-26(33(2,3)4)24-15-10-9-14-23(24)25/h9-10,14-15,17-18,20-22,28-29,34H,6-8,11-13,16,19H2,1-5H3,(H,36,38)/t21-,28+,29-/m1/s1. The second kappa shape index (κ2) is 12.0. The summed E-state index contributed by atoms with van der Waals surface area (Å²) in [6.45, 7) is 9.31. The Morgan fingerprint density at radius 2 is 1.73 bits per heavy atom. The molecule has 1 saturated carbocycles. The molecule has 6 nitrogen and oxygen atoms in total. The predicted octanol–water partition coefficient (Wildman–Crippen LogP) is 6.60. The van der Waals surface area contributed by atoms with Crippen LogP contribution in [0.15, 0.2) is 41.8 Å². The molecule has 3 atom stereocenters. The Labute approximate surface area is 242 Å². The Hall–Kier alpha value is -2.77. The molecule has 2 fully saturated rings. The Bertz CT molecular complexity index is 1350. The van der Waals surface area contributed by atoms with Gasteiger partial charge in [0.05, 0.1) is 17.8 Å². The van der Waals surface area contributed by atoms with E-state index in [9.17, 15) is 9.59 Å². The molecule has 2 amide bonds. The number of likely N-dealkylation sites (tertiary alicyclic amines) is 1. The monoisotopic (exact) mass is 560 g/mol. The summed E-state index contributed by atoms with van der Waals surface area (Å²) in [7, 11) is 1.78. The zero-order valence-electron chi connectivity index (χ0n) is 24.6. The first kappa shape index (κ1) is 28.7. The van der Waals surface area contributed by atoms with Gasteiger partial charge in [-0.1, -0.05) is 76.4 Å². The van der Waals surface area contributed by atoms with Crippen LogP contribution in [0.4, 0.5) is 0 Å². The van der Waals surface area contributed by atoms with E-state index in [0.717, 1.165) is 54.8 Å². The maximum atomic E-state index is 14.1. The number of benzene rings is 2. The molecule has 214 valence electrons. The van der Waals surface area contributed by atoms with Crippen molar-refractivity contribution in [2.24, 2.45) is 5.92 Å². The number of carbonyl (C=O) groups excluding carboxylic acids is 2. The summed E-state index contributed by atoms with van der Waals surface area (Å²) >= 11 is 1.65. The number of nitrogens with one attached hydrogen (secondary N) is 2. The fourth-order valence-electron chi connectivity index (χ4n) is 6.46. The number of thiazole rings is 1. The van der Waals surface area contributed by atoms with Crippen molar-refractivity contribution in [1.82, 2.24) is 20.5 Å². The van der Waals surface area contributed by atoms with Gasteiger partial charge in [-0.3, -0.25) is 9.59 Å². The van der Waals surface area contributed by atoms with Crippen LogP contribution in [-0.2, 0) is 15.0 Å². The summed E-state index contributed by atoms with van der Waals surface area (Å²) in [5.41, 5.74) is 3.48. The number of rotatable bonds is 7. The van der Waals surface area contributed by atoms with Gasteiger partial charge in [0.25, 0.3) is 0 Å². The van der Waals surface area contributed by atoms with E-state index in [0.29, 0.717) is 6.54 Å². The molecular weight excluding hydrogens is 516 g/mol. The van der Waals surface area contributed by atoms with E-state index in [1.54, 1.807) is 18.4 Å².